The molecule has 2 nitrogen and oxygen atoms in total. The number of halogens is 1. The van der Waals surface area contributed by atoms with Gasteiger partial charge < -0.3 is 5.32 Å². The predicted octanol–water partition coefficient (Wildman–Crippen LogP) is 3.92. The van der Waals surface area contributed by atoms with Crippen molar-refractivity contribution in [1.29, 1.82) is 0 Å². The first kappa shape index (κ1) is 8.31. The molecule has 1 aliphatic rings. The summed E-state index contributed by atoms with van der Waals surface area (Å²) in [6.45, 7) is 3.76. The van der Waals surface area contributed by atoms with Gasteiger partial charge in [0.25, 0.3) is 0 Å². The SMILES string of the molecule is [2H]C1([2H])C([2H])([2H])C(c2ccc(Cl)cc2)(C(CC(C)C)NC=O)C1([2H])[2H]. The van der Waals surface area contributed by atoms with E-state index in [2.05, 4.69) is 5.32 Å². The van der Waals surface area contributed by atoms with Gasteiger partial charge in [0.15, 0.2) is 0 Å². The molecule has 1 fully saturated rings. The Kier molecular flexibility index (Phi) is 2.60. The molecule has 0 heterocycles. The molecular formula is C16H22ClNO. The largest absolute Gasteiger partial charge is 0.355 e. The molecular weight excluding hydrogens is 258 g/mol. The zero-order valence-electron chi connectivity index (χ0n) is 17.0. The van der Waals surface area contributed by atoms with E-state index in [9.17, 15) is 4.79 Å². The van der Waals surface area contributed by atoms with Crippen molar-refractivity contribution in [1.82, 2.24) is 5.32 Å². The fourth-order valence-corrected chi connectivity index (χ4v) is 2.48. The number of nitrogens with one attached hydrogen (secondary N) is 1. The van der Waals surface area contributed by atoms with E-state index < -0.39 is 30.6 Å². The van der Waals surface area contributed by atoms with Gasteiger partial charge in [0, 0.05) is 24.7 Å². The molecule has 1 unspecified atom stereocenters. The van der Waals surface area contributed by atoms with Gasteiger partial charge >= 0.3 is 0 Å². The van der Waals surface area contributed by atoms with Crippen molar-refractivity contribution in [3.8, 4) is 0 Å². The predicted molar refractivity (Wildman–Crippen MR) is 79.4 cm³/mol. The highest BCUT2D eigenvalue weighted by Gasteiger charge is 2.45. The van der Waals surface area contributed by atoms with Crippen molar-refractivity contribution in [2.24, 2.45) is 5.92 Å². The first-order chi connectivity index (χ1) is 11.4. The van der Waals surface area contributed by atoms with Gasteiger partial charge in [-0.2, -0.15) is 0 Å². The van der Waals surface area contributed by atoms with Gasteiger partial charge in [-0.3, -0.25) is 4.79 Å². The molecule has 0 aromatic heterocycles. The maximum atomic E-state index is 11.2. The second-order valence-electron chi connectivity index (χ2n) is 5.16. The highest BCUT2D eigenvalue weighted by Crippen LogP contribution is 2.48. The standard InChI is InChI=1S/C16H22ClNO/c1-12(2)10-15(18-11-19)16(8-3-9-16)13-4-6-14(17)7-5-13/h4-7,11-12,15H,3,8-10H2,1-2H3,(H,18,19)/i3D2,8D2,9D2. The minimum atomic E-state index is -2.71. The number of benzene rings is 1. The van der Waals surface area contributed by atoms with E-state index in [-0.39, 0.29) is 11.5 Å². The molecule has 3 heteroatoms. The summed E-state index contributed by atoms with van der Waals surface area (Å²) in [6.07, 6.45) is -7.06. The Hall–Kier alpha value is -1.02. The third-order valence-corrected chi connectivity index (χ3v) is 3.57. The van der Waals surface area contributed by atoms with E-state index in [0.717, 1.165) is 0 Å². The second-order valence-corrected chi connectivity index (χ2v) is 5.59. The van der Waals surface area contributed by atoms with Crippen molar-refractivity contribution >= 4 is 18.0 Å². The lowest BCUT2D eigenvalue weighted by Gasteiger charge is -2.48. The topological polar surface area (TPSA) is 29.1 Å². The number of hydrogen-bond acceptors (Lipinski definition) is 1. The summed E-state index contributed by atoms with van der Waals surface area (Å²) in [4.78, 5) is 11.2. The first-order valence-corrected chi connectivity index (χ1v) is 6.71. The molecule has 1 aromatic carbocycles. The van der Waals surface area contributed by atoms with Crippen LogP contribution in [0.1, 0.15) is 53.2 Å². The molecule has 0 aliphatic heterocycles. The van der Waals surface area contributed by atoms with Crippen LogP contribution in [-0.2, 0) is 10.2 Å². The van der Waals surface area contributed by atoms with Crippen molar-refractivity contribution in [3.63, 3.8) is 0 Å². The molecule has 2 rings (SSSR count). The lowest BCUT2D eigenvalue weighted by molar-refractivity contribution is -0.111. The van der Waals surface area contributed by atoms with Gasteiger partial charge in [0.1, 0.15) is 0 Å². The van der Waals surface area contributed by atoms with Crippen LogP contribution in [0.25, 0.3) is 0 Å². The molecule has 1 aliphatic carbocycles. The van der Waals surface area contributed by atoms with Crippen LogP contribution in [0.15, 0.2) is 24.3 Å². The number of amides is 1. The van der Waals surface area contributed by atoms with E-state index in [4.69, 9.17) is 19.8 Å². The van der Waals surface area contributed by atoms with E-state index in [1.54, 1.807) is 0 Å². The van der Waals surface area contributed by atoms with Gasteiger partial charge in [-0.05, 0) is 42.8 Å². The zero-order valence-corrected chi connectivity index (χ0v) is 11.8. The molecule has 19 heavy (non-hydrogen) atoms. The van der Waals surface area contributed by atoms with E-state index in [1.807, 2.05) is 13.8 Å². The average molecular weight is 286 g/mol. The highest BCUT2D eigenvalue weighted by molar-refractivity contribution is 6.30. The minimum Gasteiger partial charge on any atom is -0.355 e. The van der Waals surface area contributed by atoms with Crippen molar-refractivity contribution < 1.29 is 13.0 Å². The van der Waals surface area contributed by atoms with Crippen LogP contribution in [-0.4, -0.2) is 12.5 Å². The lowest BCUT2D eigenvalue weighted by Crippen LogP contribution is -2.53. The van der Waals surface area contributed by atoms with E-state index in [1.165, 1.54) is 24.3 Å². The number of carbonyl (C=O) groups is 1. The number of hydrogen-bond donors (Lipinski definition) is 1. The van der Waals surface area contributed by atoms with Crippen LogP contribution in [0.4, 0.5) is 0 Å². The van der Waals surface area contributed by atoms with Gasteiger partial charge in [-0.1, -0.05) is 44.0 Å². The fourth-order valence-electron chi connectivity index (χ4n) is 2.35. The third-order valence-electron chi connectivity index (χ3n) is 3.32. The summed E-state index contributed by atoms with van der Waals surface area (Å²) in [5, 5.41) is 2.97. The summed E-state index contributed by atoms with van der Waals surface area (Å²) < 4.78 is 49.8. The van der Waals surface area contributed by atoms with Crippen LogP contribution in [0.5, 0.6) is 0 Å². The maximum absolute atomic E-state index is 11.2. The minimum absolute atomic E-state index is 0.0414. The summed E-state index contributed by atoms with van der Waals surface area (Å²) in [6, 6.07) is 5.14. The van der Waals surface area contributed by atoms with E-state index in [0.29, 0.717) is 17.9 Å². The Morgan fingerprint density at radius 3 is 2.58 bits per heavy atom. The molecule has 104 valence electrons. The Balaban J connectivity index is 2.76. The number of carbonyl (C=O) groups excluding carboxylic acids is 1. The molecule has 0 saturated heterocycles. The van der Waals surface area contributed by atoms with Crippen LogP contribution >= 0.6 is 11.6 Å². The number of rotatable bonds is 6. The molecule has 1 atom stereocenters. The third kappa shape index (κ3) is 2.94. The Labute approximate surface area is 129 Å². The van der Waals surface area contributed by atoms with Gasteiger partial charge in [-0.15, -0.1) is 0 Å². The molecule has 1 amide bonds. The first-order valence-electron chi connectivity index (χ1n) is 9.33. The zero-order chi connectivity index (χ0) is 19.3. The van der Waals surface area contributed by atoms with Gasteiger partial charge in [0.2, 0.25) is 6.41 Å². The van der Waals surface area contributed by atoms with Crippen molar-refractivity contribution in [3.05, 3.63) is 34.9 Å². The molecule has 1 saturated carbocycles. The monoisotopic (exact) mass is 285 g/mol. The van der Waals surface area contributed by atoms with Crippen LogP contribution in [0.3, 0.4) is 0 Å². The maximum Gasteiger partial charge on any atom is 0.207 e. The lowest BCUT2D eigenvalue weighted by atomic mass is 9.59. The average Bonchev–Trinajstić information content (AvgIpc) is 2.48. The molecule has 1 aromatic rings. The Morgan fingerprint density at radius 1 is 1.42 bits per heavy atom. The van der Waals surface area contributed by atoms with Gasteiger partial charge in [-0.25, -0.2) is 0 Å². The molecule has 0 spiro atoms. The second kappa shape index (κ2) is 5.96. The summed E-state index contributed by atoms with van der Waals surface area (Å²) in [5.41, 5.74) is -1.60. The van der Waals surface area contributed by atoms with Crippen LogP contribution < -0.4 is 5.32 Å². The summed E-state index contributed by atoms with van der Waals surface area (Å²) in [7, 11) is 0. The molecule has 0 radical (unpaired) electrons. The Morgan fingerprint density at radius 2 is 2.05 bits per heavy atom. The summed E-state index contributed by atoms with van der Waals surface area (Å²) in [5.74, 6) is 0.0414. The van der Waals surface area contributed by atoms with E-state index >= 15 is 0 Å². The van der Waals surface area contributed by atoms with Gasteiger partial charge in [0.05, 0.1) is 0 Å². The van der Waals surface area contributed by atoms with Crippen LogP contribution in [0.2, 0.25) is 5.02 Å². The fraction of sp³-hybridized carbons (Fsp3) is 0.562. The normalized spacial score (nSPS) is 31.4. The van der Waals surface area contributed by atoms with Crippen LogP contribution in [0, 0.1) is 5.92 Å². The van der Waals surface area contributed by atoms with Crippen molar-refractivity contribution in [2.45, 2.75) is 50.8 Å². The highest BCUT2D eigenvalue weighted by atomic mass is 35.5. The molecule has 1 N–H and O–H groups in total. The summed E-state index contributed by atoms with van der Waals surface area (Å²) >= 11 is 5.91. The Bertz CT molecular complexity index is 629. The molecule has 0 bridgehead atoms. The smallest absolute Gasteiger partial charge is 0.207 e. The quantitative estimate of drug-likeness (QED) is 0.789. The van der Waals surface area contributed by atoms with Crippen molar-refractivity contribution in [2.75, 3.05) is 0 Å².